The molecule has 0 amide bonds. The summed E-state index contributed by atoms with van der Waals surface area (Å²) in [5.41, 5.74) is 0.497. The molecule has 4 fully saturated rings. The van der Waals surface area contributed by atoms with Crippen LogP contribution in [0.1, 0.15) is 39.5 Å². The van der Waals surface area contributed by atoms with E-state index in [4.69, 9.17) is 18.9 Å². The molecule has 4 saturated heterocycles. The number of allylic oxidation sites excluding steroid dienone is 1. The van der Waals surface area contributed by atoms with Crippen molar-refractivity contribution in [1.82, 2.24) is 4.90 Å². The molecular formula is C19H25NO5. The van der Waals surface area contributed by atoms with Crippen molar-refractivity contribution >= 4 is 5.97 Å². The number of carbonyl (C=O) groups excluding carboxylic acids is 1. The van der Waals surface area contributed by atoms with Crippen molar-refractivity contribution in [3.05, 3.63) is 22.9 Å². The smallest absolute Gasteiger partial charge is 0.343 e. The summed E-state index contributed by atoms with van der Waals surface area (Å²) >= 11 is 0. The average molecular weight is 347 g/mol. The number of piperidine rings is 1. The van der Waals surface area contributed by atoms with Gasteiger partial charge < -0.3 is 18.9 Å². The SMILES string of the molecule is COC1=C(C)C(=O)OC1=C1O[C@@]23CCCN4CCC[C@@H](O2)[C@H]4[C@H]3[C@@H]1C. The third-order valence-electron chi connectivity index (χ3n) is 6.64. The number of nitrogens with zero attached hydrogens (tertiary/aromatic N) is 1. The van der Waals surface area contributed by atoms with E-state index in [9.17, 15) is 4.79 Å². The van der Waals surface area contributed by atoms with Gasteiger partial charge in [-0.2, -0.15) is 0 Å². The molecule has 0 aliphatic carbocycles. The van der Waals surface area contributed by atoms with Crippen LogP contribution < -0.4 is 0 Å². The van der Waals surface area contributed by atoms with E-state index in [0.717, 1.165) is 38.1 Å². The third-order valence-corrected chi connectivity index (χ3v) is 6.64. The van der Waals surface area contributed by atoms with Gasteiger partial charge in [-0.3, -0.25) is 4.90 Å². The Morgan fingerprint density at radius 1 is 1.28 bits per heavy atom. The summed E-state index contributed by atoms with van der Waals surface area (Å²) < 4.78 is 24.0. The number of hydrogen-bond donors (Lipinski definition) is 0. The summed E-state index contributed by atoms with van der Waals surface area (Å²) in [7, 11) is 1.57. The minimum Gasteiger partial charge on any atom is -0.492 e. The van der Waals surface area contributed by atoms with Gasteiger partial charge in [0.15, 0.2) is 5.76 Å². The highest BCUT2D eigenvalue weighted by Crippen LogP contribution is 2.59. The van der Waals surface area contributed by atoms with Crippen molar-refractivity contribution in [2.45, 2.75) is 57.5 Å². The average Bonchev–Trinajstić information content (AvgIpc) is 3.11. The molecule has 6 heteroatoms. The molecule has 136 valence electrons. The Bertz CT molecular complexity index is 692. The lowest BCUT2D eigenvalue weighted by molar-refractivity contribution is -0.210. The van der Waals surface area contributed by atoms with Crippen LogP contribution in [0.5, 0.6) is 0 Å². The molecule has 5 aliphatic rings. The summed E-state index contributed by atoms with van der Waals surface area (Å²) in [5, 5.41) is 0. The molecule has 5 atom stereocenters. The minimum absolute atomic E-state index is 0.132. The fraction of sp³-hybridized carbons (Fsp3) is 0.737. The molecular weight excluding hydrogens is 322 g/mol. The molecule has 2 bridgehead atoms. The maximum absolute atomic E-state index is 12.0. The van der Waals surface area contributed by atoms with Gasteiger partial charge in [-0.05, 0) is 39.3 Å². The minimum atomic E-state index is -0.572. The first-order chi connectivity index (χ1) is 12.1. The van der Waals surface area contributed by atoms with Crippen molar-refractivity contribution in [2.75, 3.05) is 20.2 Å². The fourth-order valence-electron chi connectivity index (χ4n) is 5.65. The Labute approximate surface area is 147 Å². The summed E-state index contributed by atoms with van der Waals surface area (Å²) in [4.78, 5) is 14.6. The first-order valence-electron chi connectivity index (χ1n) is 9.38. The van der Waals surface area contributed by atoms with Crippen LogP contribution in [-0.4, -0.2) is 49.0 Å². The number of carbonyl (C=O) groups is 1. The van der Waals surface area contributed by atoms with Crippen LogP contribution >= 0.6 is 0 Å². The molecule has 0 aromatic carbocycles. The maximum atomic E-state index is 12.0. The number of esters is 1. The van der Waals surface area contributed by atoms with Crippen molar-refractivity contribution in [3.63, 3.8) is 0 Å². The van der Waals surface area contributed by atoms with Crippen LogP contribution in [0.25, 0.3) is 0 Å². The summed E-state index contributed by atoms with van der Waals surface area (Å²) in [5.74, 6) is 1.15. The summed E-state index contributed by atoms with van der Waals surface area (Å²) in [6, 6.07) is 0.400. The molecule has 0 saturated carbocycles. The second kappa shape index (κ2) is 5.24. The zero-order valence-corrected chi connectivity index (χ0v) is 15.0. The van der Waals surface area contributed by atoms with Gasteiger partial charge in [-0.15, -0.1) is 0 Å². The standard InChI is InChI=1S/C19H25NO5/c1-10-13-14-12-6-4-8-20(14)9-5-7-19(13,24-12)25-16(10)17-15(22-3)11(2)18(21)23-17/h10,12-14H,4-9H2,1-3H3/t10-,12+,13+,14-,19+/m0/s1. The summed E-state index contributed by atoms with van der Waals surface area (Å²) in [6.07, 6.45) is 4.53. The Morgan fingerprint density at radius 2 is 2.08 bits per heavy atom. The lowest BCUT2D eigenvalue weighted by Crippen LogP contribution is -2.49. The number of ether oxygens (including phenoxy) is 4. The molecule has 25 heavy (non-hydrogen) atoms. The molecule has 0 radical (unpaired) electrons. The Balaban J connectivity index is 1.59. The monoisotopic (exact) mass is 347 g/mol. The normalized spacial score (nSPS) is 46.0. The third kappa shape index (κ3) is 1.95. The van der Waals surface area contributed by atoms with Crippen LogP contribution in [-0.2, 0) is 23.7 Å². The van der Waals surface area contributed by atoms with E-state index in [2.05, 4.69) is 11.8 Å². The van der Waals surface area contributed by atoms with Crippen molar-refractivity contribution < 1.29 is 23.7 Å². The quantitative estimate of drug-likeness (QED) is 0.679. The molecule has 0 spiro atoms. The predicted molar refractivity (Wildman–Crippen MR) is 88.0 cm³/mol. The molecule has 6 nitrogen and oxygen atoms in total. The van der Waals surface area contributed by atoms with Crippen LogP contribution in [0.3, 0.4) is 0 Å². The van der Waals surface area contributed by atoms with Gasteiger partial charge in [-0.25, -0.2) is 4.79 Å². The Morgan fingerprint density at radius 3 is 2.88 bits per heavy atom. The van der Waals surface area contributed by atoms with Gasteiger partial charge in [0.25, 0.3) is 0 Å². The second-order valence-corrected chi connectivity index (χ2v) is 7.90. The van der Waals surface area contributed by atoms with Gasteiger partial charge in [0.2, 0.25) is 11.5 Å². The molecule has 0 N–H and O–H groups in total. The highest BCUT2D eigenvalue weighted by molar-refractivity contribution is 5.93. The van der Waals surface area contributed by atoms with E-state index < -0.39 is 5.79 Å². The largest absolute Gasteiger partial charge is 0.492 e. The van der Waals surface area contributed by atoms with Crippen molar-refractivity contribution in [1.29, 1.82) is 0 Å². The predicted octanol–water partition coefficient (Wildman–Crippen LogP) is 2.31. The molecule has 5 aliphatic heterocycles. The van der Waals surface area contributed by atoms with Crippen LogP contribution in [0.2, 0.25) is 0 Å². The van der Waals surface area contributed by atoms with E-state index in [1.807, 2.05) is 0 Å². The highest BCUT2D eigenvalue weighted by Gasteiger charge is 2.67. The topological polar surface area (TPSA) is 57.2 Å². The maximum Gasteiger partial charge on any atom is 0.343 e. The zero-order valence-electron chi connectivity index (χ0n) is 15.0. The second-order valence-electron chi connectivity index (χ2n) is 7.90. The Hall–Kier alpha value is -1.53. The number of methoxy groups -OCH3 is 1. The van der Waals surface area contributed by atoms with E-state index in [1.54, 1.807) is 14.0 Å². The van der Waals surface area contributed by atoms with Gasteiger partial charge in [-0.1, -0.05) is 6.92 Å². The van der Waals surface area contributed by atoms with Crippen LogP contribution in [0.4, 0.5) is 0 Å². The Kier molecular flexibility index (Phi) is 3.29. The van der Waals surface area contributed by atoms with E-state index >= 15 is 0 Å². The lowest BCUT2D eigenvalue weighted by atomic mass is 9.79. The van der Waals surface area contributed by atoms with Gasteiger partial charge in [0.1, 0.15) is 5.76 Å². The van der Waals surface area contributed by atoms with Crippen molar-refractivity contribution in [2.24, 2.45) is 11.8 Å². The molecule has 0 unspecified atom stereocenters. The van der Waals surface area contributed by atoms with E-state index in [-0.39, 0.29) is 23.9 Å². The van der Waals surface area contributed by atoms with E-state index in [1.165, 1.54) is 6.42 Å². The van der Waals surface area contributed by atoms with Crippen molar-refractivity contribution in [3.8, 4) is 0 Å². The van der Waals surface area contributed by atoms with Crippen LogP contribution in [0.15, 0.2) is 22.9 Å². The summed E-state index contributed by atoms with van der Waals surface area (Å²) in [6.45, 7) is 6.17. The first-order valence-corrected chi connectivity index (χ1v) is 9.38. The lowest BCUT2D eigenvalue weighted by Gasteiger charge is -2.39. The number of hydrogen-bond acceptors (Lipinski definition) is 6. The molecule has 5 rings (SSSR count). The number of cyclic esters (lactones) is 1. The molecule has 5 heterocycles. The molecule has 0 aromatic rings. The fourth-order valence-corrected chi connectivity index (χ4v) is 5.65. The van der Waals surface area contributed by atoms with Crippen LogP contribution in [0, 0.1) is 11.8 Å². The van der Waals surface area contributed by atoms with Gasteiger partial charge in [0, 0.05) is 18.4 Å². The van der Waals surface area contributed by atoms with Gasteiger partial charge in [0.05, 0.1) is 24.7 Å². The highest BCUT2D eigenvalue weighted by atomic mass is 16.7. The van der Waals surface area contributed by atoms with E-state index in [0.29, 0.717) is 23.1 Å². The number of rotatable bonds is 1. The van der Waals surface area contributed by atoms with Gasteiger partial charge >= 0.3 is 5.97 Å². The first kappa shape index (κ1) is 15.7. The zero-order chi connectivity index (χ0) is 17.3. The molecule has 0 aromatic heterocycles.